The first-order chi connectivity index (χ1) is 15.5. The summed E-state index contributed by atoms with van der Waals surface area (Å²) >= 11 is 0. The Morgan fingerprint density at radius 2 is 1.30 bits per heavy atom. The van der Waals surface area contributed by atoms with Crippen LogP contribution in [0.3, 0.4) is 0 Å². The van der Waals surface area contributed by atoms with E-state index in [1.165, 1.54) is 12.1 Å². The summed E-state index contributed by atoms with van der Waals surface area (Å²) in [5.41, 5.74) is 1.48. The second-order valence-corrected chi connectivity index (χ2v) is 10.3. The van der Waals surface area contributed by atoms with Gasteiger partial charge in [0.1, 0.15) is 0 Å². The van der Waals surface area contributed by atoms with Crippen LogP contribution in [0.15, 0.2) is 77.7 Å². The standard InChI is InChI=1S/C25H27N3O4S/c1-17-14-15-19(33(31,32)28-25(2,3)4)16-20(17)24(30)27-22-13-9-8-12-21(22)26-23(29)18-10-6-5-7-11-18/h5-16,28H,1-4H3,(H,26,29)(H,27,30). The van der Waals surface area contributed by atoms with E-state index in [4.69, 9.17) is 0 Å². The number of nitrogens with one attached hydrogen (secondary N) is 3. The maximum absolute atomic E-state index is 13.1. The van der Waals surface area contributed by atoms with Gasteiger partial charge in [-0.25, -0.2) is 13.1 Å². The van der Waals surface area contributed by atoms with E-state index in [0.29, 0.717) is 22.5 Å². The van der Waals surface area contributed by atoms with Crippen molar-refractivity contribution in [2.75, 3.05) is 10.6 Å². The monoisotopic (exact) mass is 465 g/mol. The first kappa shape index (κ1) is 24.2. The third kappa shape index (κ3) is 6.27. The van der Waals surface area contributed by atoms with Crippen LogP contribution in [0.1, 0.15) is 47.1 Å². The minimum absolute atomic E-state index is 0.00107. The van der Waals surface area contributed by atoms with Gasteiger partial charge in [-0.15, -0.1) is 0 Å². The Kier molecular flexibility index (Phi) is 7.00. The molecule has 8 heteroatoms. The number of sulfonamides is 1. The first-order valence-corrected chi connectivity index (χ1v) is 11.9. The molecule has 0 saturated carbocycles. The zero-order valence-corrected chi connectivity index (χ0v) is 19.8. The Morgan fingerprint density at radius 3 is 1.88 bits per heavy atom. The molecule has 3 N–H and O–H groups in total. The lowest BCUT2D eigenvalue weighted by Gasteiger charge is -2.21. The predicted octanol–water partition coefficient (Wildman–Crippen LogP) is 4.58. The molecule has 0 atom stereocenters. The predicted molar refractivity (Wildman–Crippen MR) is 130 cm³/mol. The average molecular weight is 466 g/mol. The van der Waals surface area contributed by atoms with Crippen LogP contribution in [-0.4, -0.2) is 25.8 Å². The highest BCUT2D eigenvalue weighted by Crippen LogP contribution is 2.24. The number of aryl methyl sites for hydroxylation is 1. The third-order valence-corrected chi connectivity index (χ3v) is 6.42. The van der Waals surface area contributed by atoms with Crippen molar-refractivity contribution in [3.63, 3.8) is 0 Å². The second kappa shape index (κ2) is 9.56. The molecule has 3 rings (SSSR count). The fraction of sp³-hybridized carbons (Fsp3) is 0.200. The summed E-state index contributed by atoms with van der Waals surface area (Å²) < 4.78 is 28.0. The number of amides is 2. The third-order valence-electron chi connectivity index (χ3n) is 4.66. The maximum Gasteiger partial charge on any atom is 0.256 e. The molecule has 0 saturated heterocycles. The van der Waals surface area contributed by atoms with Crippen LogP contribution in [0.4, 0.5) is 11.4 Å². The second-order valence-electron chi connectivity index (χ2n) is 8.65. The molecule has 3 aromatic rings. The molecule has 3 aromatic carbocycles. The Hall–Kier alpha value is -3.49. The largest absolute Gasteiger partial charge is 0.320 e. The van der Waals surface area contributed by atoms with Gasteiger partial charge in [0.25, 0.3) is 11.8 Å². The van der Waals surface area contributed by atoms with Crippen LogP contribution in [0.2, 0.25) is 0 Å². The summed E-state index contributed by atoms with van der Waals surface area (Å²) in [6.07, 6.45) is 0. The molecule has 7 nitrogen and oxygen atoms in total. The van der Waals surface area contributed by atoms with Gasteiger partial charge in [0, 0.05) is 16.7 Å². The maximum atomic E-state index is 13.1. The molecule has 0 unspecified atom stereocenters. The number of anilines is 2. The fourth-order valence-electron chi connectivity index (χ4n) is 3.15. The normalized spacial score (nSPS) is 11.6. The van der Waals surface area contributed by atoms with E-state index in [9.17, 15) is 18.0 Å². The van der Waals surface area contributed by atoms with Crippen molar-refractivity contribution in [2.24, 2.45) is 0 Å². The SMILES string of the molecule is Cc1ccc(S(=O)(=O)NC(C)(C)C)cc1C(=O)Nc1ccccc1NC(=O)c1ccccc1. The summed E-state index contributed by atoms with van der Waals surface area (Å²) in [5.74, 6) is -0.795. The van der Waals surface area contributed by atoms with Crippen LogP contribution in [0, 0.1) is 6.92 Å². The number of carbonyl (C=O) groups is 2. The lowest BCUT2D eigenvalue weighted by molar-refractivity contribution is 0.101. The molecule has 33 heavy (non-hydrogen) atoms. The van der Waals surface area contributed by atoms with Crippen molar-refractivity contribution >= 4 is 33.2 Å². The fourth-order valence-corrected chi connectivity index (χ4v) is 4.59. The Balaban J connectivity index is 1.86. The van der Waals surface area contributed by atoms with E-state index < -0.39 is 21.5 Å². The molecule has 0 fully saturated rings. The lowest BCUT2D eigenvalue weighted by Crippen LogP contribution is -2.40. The van der Waals surface area contributed by atoms with Crippen LogP contribution in [0.5, 0.6) is 0 Å². The van der Waals surface area contributed by atoms with Gasteiger partial charge in [0.15, 0.2) is 0 Å². The smallest absolute Gasteiger partial charge is 0.256 e. The number of carbonyl (C=O) groups excluding carboxylic acids is 2. The lowest BCUT2D eigenvalue weighted by atomic mass is 10.1. The highest BCUT2D eigenvalue weighted by Gasteiger charge is 2.24. The van der Waals surface area contributed by atoms with Crippen molar-refractivity contribution in [2.45, 2.75) is 38.1 Å². The molecule has 0 aliphatic carbocycles. The number of rotatable bonds is 6. The van der Waals surface area contributed by atoms with Crippen molar-refractivity contribution in [1.82, 2.24) is 4.72 Å². The molecule has 0 radical (unpaired) electrons. The number of benzene rings is 3. The summed E-state index contributed by atoms with van der Waals surface area (Å²) in [5, 5.41) is 5.58. The van der Waals surface area contributed by atoms with Gasteiger partial charge in [-0.1, -0.05) is 36.4 Å². The molecule has 0 aliphatic heterocycles. The van der Waals surface area contributed by atoms with E-state index in [0.717, 1.165) is 0 Å². The zero-order chi connectivity index (χ0) is 24.2. The number of hydrogen-bond acceptors (Lipinski definition) is 4. The highest BCUT2D eigenvalue weighted by atomic mass is 32.2. The van der Waals surface area contributed by atoms with Crippen molar-refractivity contribution in [3.05, 3.63) is 89.5 Å². The summed E-state index contributed by atoms with van der Waals surface area (Å²) in [4.78, 5) is 25.6. The molecule has 0 aliphatic rings. The van der Waals surface area contributed by atoms with Gasteiger partial charge in [0.05, 0.1) is 16.3 Å². The topological polar surface area (TPSA) is 104 Å². The van der Waals surface area contributed by atoms with Crippen LogP contribution in [-0.2, 0) is 10.0 Å². The quantitative estimate of drug-likeness (QED) is 0.496. The molecule has 2 amide bonds. The van der Waals surface area contributed by atoms with Crippen LogP contribution >= 0.6 is 0 Å². The van der Waals surface area contributed by atoms with Gasteiger partial charge in [-0.3, -0.25) is 9.59 Å². The molecular weight excluding hydrogens is 438 g/mol. The van der Waals surface area contributed by atoms with Gasteiger partial charge in [0.2, 0.25) is 10.0 Å². The number of hydrogen-bond donors (Lipinski definition) is 3. The molecule has 172 valence electrons. The molecule has 0 aromatic heterocycles. The molecule has 0 bridgehead atoms. The van der Waals surface area contributed by atoms with Crippen molar-refractivity contribution < 1.29 is 18.0 Å². The summed E-state index contributed by atoms with van der Waals surface area (Å²) in [6.45, 7) is 6.96. The minimum Gasteiger partial charge on any atom is -0.320 e. The Morgan fingerprint density at radius 1 is 0.758 bits per heavy atom. The van der Waals surface area contributed by atoms with E-state index >= 15 is 0 Å². The molecule has 0 spiro atoms. The van der Waals surface area contributed by atoms with Gasteiger partial charge < -0.3 is 10.6 Å². The zero-order valence-electron chi connectivity index (χ0n) is 19.0. The Labute approximate surface area is 194 Å². The van der Waals surface area contributed by atoms with E-state index in [1.807, 2.05) is 6.07 Å². The van der Waals surface area contributed by atoms with Crippen molar-refractivity contribution in [1.29, 1.82) is 0 Å². The van der Waals surface area contributed by atoms with E-state index in [1.54, 1.807) is 82.3 Å². The van der Waals surface area contributed by atoms with E-state index in [2.05, 4.69) is 15.4 Å². The van der Waals surface area contributed by atoms with Gasteiger partial charge >= 0.3 is 0 Å². The summed E-state index contributed by atoms with van der Waals surface area (Å²) in [6, 6.07) is 20.0. The van der Waals surface area contributed by atoms with Crippen molar-refractivity contribution in [3.8, 4) is 0 Å². The molecule has 0 heterocycles. The molecular formula is C25H27N3O4S. The Bertz CT molecular complexity index is 1280. The van der Waals surface area contributed by atoms with Gasteiger partial charge in [-0.05, 0) is 69.7 Å². The first-order valence-electron chi connectivity index (χ1n) is 10.4. The minimum atomic E-state index is -3.81. The highest BCUT2D eigenvalue weighted by molar-refractivity contribution is 7.89. The van der Waals surface area contributed by atoms with Crippen LogP contribution < -0.4 is 15.4 Å². The van der Waals surface area contributed by atoms with Crippen LogP contribution in [0.25, 0.3) is 0 Å². The summed E-state index contributed by atoms with van der Waals surface area (Å²) in [7, 11) is -3.81. The van der Waals surface area contributed by atoms with E-state index in [-0.39, 0.29) is 16.4 Å². The average Bonchev–Trinajstić information content (AvgIpc) is 2.74. The number of para-hydroxylation sites is 2. The van der Waals surface area contributed by atoms with Gasteiger partial charge in [-0.2, -0.15) is 0 Å².